The van der Waals surface area contributed by atoms with E-state index in [0.717, 1.165) is 19.6 Å². The minimum Gasteiger partial charge on any atom is -0.465 e. The quantitative estimate of drug-likeness (QED) is 0.529. The molecule has 7 heteroatoms. The number of ether oxygens (including phenoxy) is 2. The van der Waals surface area contributed by atoms with Crippen molar-refractivity contribution in [1.82, 2.24) is 9.80 Å². The highest BCUT2D eigenvalue weighted by molar-refractivity contribution is 5.65. The molecule has 7 nitrogen and oxygen atoms in total. The van der Waals surface area contributed by atoms with Crippen molar-refractivity contribution in [1.29, 1.82) is 0 Å². The molecule has 0 aromatic rings. The lowest BCUT2D eigenvalue weighted by Gasteiger charge is -2.32. The maximum atomic E-state index is 10.7. The SMILES string of the molecule is CC(=O)OCCOCCN1CCN(C(=O)O)CC1. The Hall–Kier alpha value is -1.34. The van der Waals surface area contributed by atoms with Crippen molar-refractivity contribution in [2.75, 3.05) is 52.5 Å². The summed E-state index contributed by atoms with van der Waals surface area (Å²) in [4.78, 5) is 24.7. The molecule has 1 heterocycles. The number of nitrogens with zero attached hydrogens (tertiary/aromatic N) is 2. The third kappa shape index (κ3) is 5.83. The summed E-state index contributed by atoms with van der Waals surface area (Å²) in [5, 5.41) is 8.78. The molecule has 0 bridgehead atoms. The topological polar surface area (TPSA) is 79.3 Å². The van der Waals surface area contributed by atoms with E-state index < -0.39 is 6.09 Å². The minimum atomic E-state index is -0.854. The average Bonchev–Trinajstić information content (AvgIpc) is 2.34. The van der Waals surface area contributed by atoms with Crippen LogP contribution >= 0.6 is 0 Å². The minimum absolute atomic E-state index is 0.280. The summed E-state index contributed by atoms with van der Waals surface area (Å²) in [6, 6.07) is 0. The molecule has 0 aromatic carbocycles. The largest absolute Gasteiger partial charge is 0.465 e. The Bertz CT molecular complexity index is 277. The normalized spacial score (nSPS) is 16.6. The fraction of sp³-hybridized carbons (Fsp3) is 0.818. The molecule has 1 saturated heterocycles. The maximum Gasteiger partial charge on any atom is 0.407 e. The first kappa shape index (κ1) is 14.7. The molecule has 1 fully saturated rings. The summed E-state index contributed by atoms with van der Waals surface area (Å²) in [5.41, 5.74) is 0. The van der Waals surface area contributed by atoms with E-state index in [1.807, 2.05) is 0 Å². The third-order valence-corrected chi connectivity index (χ3v) is 2.73. The zero-order valence-electron chi connectivity index (χ0n) is 10.6. The highest BCUT2D eigenvalue weighted by atomic mass is 16.6. The summed E-state index contributed by atoms with van der Waals surface area (Å²) >= 11 is 0. The number of hydrogen-bond acceptors (Lipinski definition) is 5. The molecule has 1 N–H and O–H groups in total. The monoisotopic (exact) mass is 260 g/mol. The summed E-state index contributed by atoms with van der Waals surface area (Å²) in [7, 11) is 0. The second kappa shape index (κ2) is 7.88. The van der Waals surface area contributed by atoms with Crippen LogP contribution in [0.5, 0.6) is 0 Å². The first-order valence-corrected chi connectivity index (χ1v) is 6.01. The standard InChI is InChI=1S/C11H20N2O5/c1-10(14)18-9-8-17-7-6-12-2-4-13(5-3-12)11(15)16/h2-9H2,1H3,(H,15,16). The Labute approximate surface area is 106 Å². The molecular weight excluding hydrogens is 240 g/mol. The molecule has 1 rings (SSSR count). The highest BCUT2D eigenvalue weighted by Gasteiger charge is 2.19. The van der Waals surface area contributed by atoms with Crippen molar-refractivity contribution < 1.29 is 24.2 Å². The van der Waals surface area contributed by atoms with Gasteiger partial charge in [0.05, 0.1) is 13.2 Å². The Morgan fingerprint density at radius 3 is 2.33 bits per heavy atom. The Morgan fingerprint density at radius 1 is 1.11 bits per heavy atom. The van der Waals surface area contributed by atoms with Crippen LogP contribution in [0.2, 0.25) is 0 Å². The number of carbonyl (C=O) groups excluding carboxylic acids is 1. The van der Waals surface area contributed by atoms with Gasteiger partial charge in [-0.05, 0) is 0 Å². The number of carbonyl (C=O) groups is 2. The van der Waals surface area contributed by atoms with Crippen molar-refractivity contribution >= 4 is 12.1 Å². The van der Waals surface area contributed by atoms with Crippen LogP contribution in [0.15, 0.2) is 0 Å². The zero-order chi connectivity index (χ0) is 13.4. The lowest BCUT2D eigenvalue weighted by molar-refractivity contribution is -0.142. The van der Waals surface area contributed by atoms with Gasteiger partial charge in [0, 0.05) is 39.6 Å². The molecule has 0 radical (unpaired) electrons. The fourth-order valence-electron chi connectivity index (χ4n) is 1.70. The van der Waals surface area contributed by atoms with Gasteiger partial charge in [-0.2, -0.15) is 0 Å². The van der Waals surface area contributed by atoms with Crippen molar-refractivity contribution in [3.05, 3.63) is 0 Å². The number of esters is 1. The summed E-state index contributed by atoms with van der Waals surface area (Å²) in [5.74, 6) is -0.302. The molecule has 0 atom stereocenters. The van der Waals surface area contributed by atoms with Crippen LogP contribution in [0, 0.1) is 0 Å². The lowest BCUT2D eigenvalue weighted by atomic mass is 10.3. The van der Waals surface area contributed by atoms with E-state index in [4.69, 9.17) is 14.6 Å². The second-order valence-electron chi connectivity index (χ2n) is 4.06. The van der Waals surface area contributed by atoms with Crippen molar-refractivity contribution in [3.8, 4) is 0 Å². The first-order valence-electron chi connectivity index (χ1n) is 6.01. The Morgan fingerprint density at radius 2 is 1.78 bits per heavy atom. The van der Waals surface area contributed by atoms with Crippen LogP contribution in [0.4, 0.5) is 4.79 Å². The molecule has 104 valence electrons. The number of piperazine rings is 1. The van der Waals surface area contributed by atoms with Crippen LogP contribution in [-0.2, 0) is 14.3 Å². The smallest absolute Gasteiger partial charge is 0.407 e. The van der Waals surface area contributed by atoms with E-state index in [-0.39, 0.29) is 12.6 Å². The number of amides is 1. The molecule has 0 saturated carbocycles. The second-order valence-corrected chi connectivity index (χ2v) is 4.06. The van der Waals surface area contributed by atoms with Crippen LogP contribution in [0.25, 0.3) is 0 Å². The van der Waals surface area contributed by atoms with E-state index in [0.29, 0.717) is 26.3 Å². The molecule has 0 aliphatic carbocycles. The van der Waals surface area contributed by atoms with E-state index in [9.17, 15) is 9.59 Å². The lowest BCUT2D eigenvalue weighted by Crippen LogP contribution is -2.49. The van der Waals surface area contributed by atoms with E-state index in [1.54, 1.807) is 0 Å². The molecule has 0 aromatic heterocycles. The Balaban J connectivity index is 1.98. The zero-order valence-corrected chi connectivity index (χ0v) is 10.6. The molecule has 1 aliphatic rings. The molecular formula is C11H20N2O5. The van der Waals surface area contributed by atoms with Crippen molar-refractivity contribution in [3.63, 3.8) is 0 Å². The van der Waals surface area contributed by atoms with Gasteiger partial charge in [-0.1, -0.05) is 0 Å². The average molecular weight is 260 g/mol. The van der Waals surface area contributed by atoms with Gasteiger partial charge in [0.25, 0.3) is 0 Å². The molecule has 0 spiro atoms. The van der Waals surface area contributed by atoms with Crippen molar-refractivity contribution in [2.45, 2.75) is 6.92 Å². The number of carboxylic acid groups (broad SMARTS) is 1. The van der Waals surface area contributed by atoms with E-state index >= 15 is 0 Å². The van der Waals surface area contributed by atoms with Gasteiger partial charge in [-0.15, -0.1) is 0 Å². The third-order valence-electron chi connectivity index (χ3n) is 2.73. The van der Waals surface area contributed by atoms with E-state index in [1.165, 1.54) is 11.8 Å². The summed E-state index contributed by atoms with van der Waals surface area (Å²) in [6.45, 7) is 5.94. The predicted molar refractivity (Wildman–Crippen MR) is 63.5 cm³/mol. The maximum absolute atomic E-state index is 10.7. The molecule has 1 aliphatic heterocycles. The van der Waals surface area contributed by atoms with Gasteiger partial charge in [-0.25, -0.2) is 4.79 Å². The van der Waals surface area contributed by atoms with Crippen LogP contribution in [0.1, 0.15) is 6.92 Å². The summed E-state index contributed by atoms with van der Waals surface area (Å²) in [6.07, 6.45) is -0.854. The molecule has 18 heavy (non-hydrogen) atoms. The van der Waals surface area contributed by atoms with Crippen LogP contribution in [-0.4, -0.2) is 79.5 Å². The van der Waals surface area contributed by atoms with Crippen LogP contribution in [0.3, 0.4) is 0 Å². The number of hydrogen-bond donors (Lipinski definition) is 1. The summed E-state index contributed by atoms with van der Waals surface area (Å²) < 4.78 is 10.0. The van der Waals surface area contributed by atoms with Gasteiger partial charge in [0.15, 0.2) is 0 Å². The fourth-order valence-corrected chi connectivity index (χ4v) is 1.70. The van der Waals surface area contributed by atoms with Crippen molar-refractivity contribution in [2.24, 2.45) is 0 Å². The first-order chi connectivity index (χ1) is 8.59. The Kier molecular flexibility index (Phi) is 6.45. The van der Waals surface area contributed by atoms with Gasteiger partial charge in [0.2, 0.25) is 0 Å². The predicted octanol–water partition coefficient (Wildman–Crippen LogP) is -0.138. The highest BCUT2D eigenvalue weighted by Crippen LogP contribution is 2.01. The molecule has 1 amide bonds. The number of rotatable bonds is 6. The van der Waals surface area contributed by atoms with Gasteiger partial charge < -0.3 is 19.5 Å². The van der Waals surface area contributed by atoms with Gasteiger partial charge in [-0.3, -0.25) is 9.69 Å². The van der Waals surface area contributed by atoms with Gasteiger partial charge >= 0.3 is 12.1 Å². The van der Waals surface area contributed by atoms with Gasteiger partial charge in [0.1, 0.15) is 6.61 Å². The van der Waals surface area contributed by atoms with E-state index in [2.05, 4.69) is 4.90 Å². The van der Waals surface area contributed by atoms with Crippen LogP contribution < -0.4 is 0 Å². The molecule has 0 unspecified atom stereocenters.